The summed E-state index contributed by atoms with van der Waals surface area (Å²) in [5.41, 5.74) is 0.502. The molecule has 2 nitrogen and oxygen atoms in total. The highest BCUT2D eigenvalue weighted by atomic mass is 127. The van der Waals surface area contributed by atoms with Gasteiger partial charge in [-0.15, -0.1) is 0 Å². The molecule has 0 heterocycles. The van der Waals surface area contributed by atoms with Gasteiger partial charge in [-0.1, -0.05) is 12.1 Å². The molecule has 0 aliphatic heterocycles. The summed E-state index contributed by atoms with van der Waals surface area (Å²) in [6.45, 7) is 8.79. The second-order valence-corrected chi connectivity index (χ2v) is 7.15. The van der Waals surface area contributed by atoms with Gasteiger partial charge in [0.25, 0.3) is 0 Å². The Morgan fingerprint density at radius 3 is 2.12 bits per heavy atom. The van der Waals surface area contributed by atoms with Crippen molar-refractivity contribution in [3.05, 3.63) is 33.4 Å². The molecule has 0 amide bonds. The van der Waals surface area contributed by atoms with Crippen LogP contribution in [0.25, 0.3) is 0 Å². The van der Waals surface area contributed by atoms with E-state index in [4.69, 9.17) is 0 Å². The molecule has 17 heavy (non-hydrogen) atoms. The summed E-state index contributed by atoms with van der Waals surface area (Å²) in [4.78, 5) is 0. The van der Waals surface area contributed by atoms with Gasteiger partial charge in [-0.05, 0) is 68.0 Å². The average Bonchev–Trinajstić information content (AvgIpc) is 2.18. The molecule has 3 heteroatoms. The molecule has 1 unspecified atom stereocenters. The molecule has 0 aromatic heterocycles. The van der Waals surface area contributed by atoms with Gasteiger partial charge in [0.2, 0.25) is 0 Å². The fourth-order valence-electron chi connectivity index (χ4n) is 1.56. The van der Waals surface area contributed by atoms with E-state index in [0.29, 0.717) is 13.0 Å². The van der Waals surface area contributed by atoms with E-state index in [2.05, 4.69) is 72.9 Å². The van der Waals surface area contributed by atoms with E-state index in [-0.39, 0.29) is 5.54 Å². The average molecular weight is 347 g/mol. The Hall–Kier alpha value is -0.130. The Kier molecular flexibility index (Phi) is 4.98. The van der Waals surface area contributed by atoms with Crippen molar-refractivity contribution in [2.45, 2.75) is 45.3 Å². The Morgan fingerprint density at radius 1 is 1.12 bits per heavy atom. The maximum absolute atomic E-state index is 10.3. The zero-order chi connectivity index (χ0) is 13.1. The number of benzene rings is 1. The van der Waals surface area contributed by atoms with Gasteiger partial charge in [0.15, 0.2) is 0 Å². The van der Waals surface area contributed by atoms with E-state index >= 15 is 0 Å². The summed E-state index contributed by atoms with van der Waals surface area (Å²) in [5.74, 6) is 0. The molecule has 0 aliphatic rings. The fraction of sp³-hybridized carbons (Fsp3) is 0.571. The second-order valence-electron chi connectivity index (χ2n) is 5.90. The molecular formula is C14H22INO. The number of halogens is 1. The summed E-state index contributed by atoms with van der Waals surface area (Å²) < 4.78 is 1.22. The Bertz CT molecular complexity index is 351. The largest absolute Gasteiger partial charge is 0.389 e. The van der Waals surface area contributed by atoms with Crippen molar-refractivity contribution in [2.24, 2.45) is 0 Å². The zero-order valence-corrected chi connectivity index (χ0v) is 13.2. The van der Waals surface area contributed by atoms with Crippen molar-refractivity contribution >= 4 is 22.6 Å². The topological polar surface area (TPSA) is 32.3 Å². The molecule has 96 valence electrons. The highest BCUT2D eigenvalue weighted by Crippen LogP contribution is 2.15. The third-order valence-electron chi connectivity index (χ3n) is 2.50. The molecular weight excluding hydrogens is 325 g/mol. The molecule has 0 saturated heterocycles. The van der Waals surface area contributed by atoms with Crippen LogP contribution in [0.3, 0.4) is 0 Å². The molecule has 0 saturated carbocycles. The Labute approximate surface area is 118 Å². The molecule has 2 N–H and O–H groups in total. The lowest BCUT2D eigenvalue weighted by molar-refractivity contribution is 0.0535. The highest BCUT2D eigenvalue weighted by Gasteiger charge is 2.23. The SMILES string of the molecule is CC(O)(CNC(C)(C)C)Cc1ccc(I)cc1. The van der Waals surface area contributed by atoms with Crippen LogP contribution in [-0.2, 0) is 6.42 Å². The first-order valence-electron chi connectivity index (χ1n) is 5.90. The van der Waals surface area contributed by atoms with Gasteiger partial charge < -0.3 is 10.4 Å². The quantitative estimate of drug-likeness (QED) is 0.821. The van der Waals surface area contributed by atoms with Crippen molar-refractivity contribution in [3.8, 4) is 0 Å². The summed E-state index contributed by atoms with van der Waals surface area (Å²) >= 11 is 2.29. The van der Waals surface area contributed by atoms with E-state index in [1.807, 2.05) is 6.92 Å². The molecule has 1 rings (SSSR count). The summed E-state index contributed by atoms with van der Waals surface area (Å²) in [6, 6.07) is 8.30. The number of aliphatic hydroxyl groups is 1. The van der Waals surface area contributed by atoms with Gasteiger partial charge in [-0.3, -0.25) is 0 Å². The smallest absolute Gasteiger partial charge is 0.0783 e. The minimum absolute atomic E-state index is 0.0378. The summed E-state index contributed by atoms with van der Waals surface area (Å²) in [6.07, 6.45) is 0.674. The van der Waals surface area contributed by atoms with Crippen LogP contribution in [0.2, 0.25) is 0 Å². The van der Waals surface area contributed by atoms with Crippen LogP contribution in [0.4, 0.5) is 0 Å². The first-order chi connectivity index (χ1) is 7.68. The number of nitrogens with one attached hydrogen (secondary N) is 1. The van der Waals surface area contributed by atoms with Crippen LogP contribution in [0.1, 0.15) is 33.3 Å². The van der Waals surface area contributed by atoms with Crippen molar-refractivity contribution in [1.82, 2.24) is 5.32 Å². The molecule has 1 aromatic rings. The first-order valence-corrected chi connectivity index (χ1v) is 6.98. The minimum atomic E-state index is -0.708. The monoisotopic (exact) mass is 347 g/mol. The third-order valence-corrected chi connectivity index (χ3v) is 3.22. The fourth-order valence-corrected chi connectivity index (χ4v) is 1.92. The van der Waals surface area contributed by atoms with Crippen molar-refractivity contribution in [3.63, 3.8) is 0 Å². The van der Waals surface area contributed by atoms with Crippen molar-refractivity contribution in [1.29, 1.82) is 0 Å². The molecule has 1 atom stereocenters. The number of β-amino-alcohol motifs (C(OH)–C–C–N with tert-alkyl or cyclic N) is 1. The number of rotatable bonds is 4. The van der Waals surface area contributed by atoms with E-state index in [1.54, 1.807) is 0 Å². The summed E-state index contributed by atoms with van der Waals surface area (Å²) in [5, 5.41) is 13.7. The van der Waals surface area contributed by atoms with Crippen LogP contribution in [0, 0.1) is 3.57 Å². The van der Waals surface area contributed by atoms with E-state index in [1.165, 1.54) is 9.13 Å². The molecule has 0 spiro atoms. The Balaban J connectivity index is 2.57. The van der Waals surface area contributed by atoms with E-state index in [0.717, 1.165) is 0 Å². The van der Waals surface area contributed by atoms with E-state index < -0.39 is 5.60 Å². The number of hydrogen-bond acceptors (Lipinski definition) is 2. The number of hydrogen-bond donors (Lipinski definition) is 2. The van der Waals surface area contributed by atoms with Gasteiger partial charge in [-0.25, -0.2) is 0 Å². The third kappa shape index (κ3) is 6.38. The van der Waals surface area contributed by atoms with Gasteiger partial charge in [-0.2, -0.15) is 0 Å². The molecule has 0 bridgehead atoms. The van der Waals surface area contributed by atoms with Gasteiger partial charge >= 0.3 is 0 Å². The first kappa shape index (κ1) is 14.9. The Morgan fingerprint density at radius 2 is 1.65 bits per heavy atom. The second kappa shape index (κ2) is 5.67. The maximum Gasteiger partial charge on any atom is 0.0783 e. The van der Waals surface area contributed by atoms with Crippen LogP contribution in [0.15, 0.2) is 24.3 Å². The lowest BCUT2D eigenvalue weighted by Gasteiger charge is -2.29. The van der Waals surface area contributed by atoms with Crippen LogP contribution < -0.4 is 5.32 Å². The predicted molar refractivity (Wildman–Crippen MR) is 81.2 cm³/mol. The lowest BCUT2D eigenvalue weighted by atomic mass is 9.95. The maximum atomic E-state index is 10.3. The van der Waals surface area contributed by atoms with Crippen molar-refractivity contribution in [2.75, 3.05) is 6.54 Å². The van der Waals surface area contributed by atoms with Gasteiger partial charge in [0.1, 0.15) is 0 Å². The molecule has 0 fully saturated rings. The normalized spacial score (nSPS) is 15.6. The van der Waals surface area contributed by atoms with Gasteiger partial charge in [0, 0.05) is 22.1 Å². The summed E-state index contributed by atoms with van der Waals surface area (Å²) in [7, 11) is 0. The molecule has 1 aromatic carbocycles. The van der Waals surface area contributed by atoms with Crippen LogP contribution >= 0.6 is 22.6 Å². The standard InChI is InChI=1S/C14H22INO/c1-13(2,3)16-10-14(4,17)9-11-5-7-12(15)8-6-11/h5-8,16-17H,9-10H2,1-4H3. The molecule has 0 aliphatic carbocycles. The van der Waals surface area contributed by atoms with Crippen LogP contribution in [-0.4, -0.2) is 22.8 Å². The van der Waals surface area contributed by atoms with E-state index in [9.17, 15) is 5.11 Å². The van der Waals surface area contributed by atoms with Crippen molar-refractivity contribution < 1.29 is 5.11 Å². The van der Waals surface area contributed by atoms with Crippen LogP contribution in [0.5, 0.6) is 0 Å². The predicted octanol–water partition coefficient (Wildman–Crippen LogP) is 2.97. The lowest BCUT2D eigenvalue weighted by Crippen LogP contribution is -2.47. The minimum Gasteiger partial charge on any atom is -0.389 e. The highest BCUT2D eigenvalue weighted by molar-refractivity contribution is 14.1. The molecule has 0 radical (unpaired) electrons. The van der Waals surface area contributed by atoms with Gasteiger partial charge in [0.05, 0.1) is 5.60 Å². The zero-order valence-electron chi connectivity index (χ0n) is 11.0.